The second kappa shape index (κ2) is 7.12. The summed E-state index contributed by atoms with van der Waals surface area (Å²) in [6.45, 7) is 5.01. The number of carbonyl (C=O) groups excluding carboxylic acids is 1. The number of piperidine rings is 1. The van der Waals surface area contributed by atoms with Gasteiger partial charge in [-0.15, -0.1) is 0 Å². The molecule has 1 rings (SSSR count). The zero-order valence-electron chi connectivity index (χ0n) is 9.71. The summed E-state index contributed by atoms with van der Waals surface area (Å²) in [5, 5.41) is 6.40. The molecular weight excluding hydrogens is 208 g/mol. The fourth-order valence-electron chi connectivity index (χ4n) is 1.84. The highest BCUT2D eigenvalue weighted by molar-refractivity contribution is 7.98. The van der Waals surface area contributed by atoms with E-state index in [0.717, 1.165) is 25.4 Å². The maximum absolute atomic E-state index is 11.6. The molecule has 1 heterocycles. The first-order valence-corrected chi connectivity index (χ1v) is 7.10. The van der Waals surface area contributed by atoms with Crippen LogP contribution in [0.2, 0.25) is 0 Å². The van der Waals surface area contributed by atoms with Gasteiger partial charge < -0.3 is 10.6 Å². The van der Waals surface area contributed by atoms with E-state index in [9.17, 15) is 4.79 Å². The highest BCUT2D eigenvalue weighted by atomic mass is 32.2. The van der Waals surface area contributed by atoms with Crippen LogP contribution in [0.1, 0.15) is 19.8 Å². The first-order chi connectivity index (χ1) is 7.24. The van der Waals surface area contributed by atoms with Gasteiger partial charge in [0.25, 0.3) is 0 Å². The molecule has 2 atom stereocenters. The van der Waals surface area contributed by atoms with Gasteiger partial charge in [0, 0.05) is 18.2 Å². The van der Waals surface area contributed by atoms with Gasteiger partial charge in [0.1, 0.15) is 0 Å². The molecule has 2 N–H and O–H groups in total. The van der Waals surface area contributed by atoms with Crippen LogP contribution >= 0.6 is 11.8 Å². The Bertz CT molecular complexity index is 193. The van der Waals surface area contributed by atoms with Crippen molar-refractivity contribution >= 4 is 17.7 Å². The minimum absolute atomic E-state index is 0.136. The summed E-state index contributed by atoms with van der Waals surface area (Å²) in [6.07, 6.45) is 4.51. The first-order valence-electron chi connectivity index (χ1n) is 5.71. The summed E-state index contributed by atoms with van der Waals surface area (Å²) in [5.41, 5.74) is 0. The summed E-state index contributed by atoms with van der Waals surface area (Å²) in [6, 6.07) is 0. The second-order valence-corrected chi connectivity index (χ2v) is 5.22. The zero-order valence-corrected chi connectivity index (χ0v) is 10.5. The molecule has 0 radical (unpaired) electrons. The van der Waals surface area contributed by atoms with Crippen LogP contribution in [-0.4, -0.2) is 37.6 Å². The fraction of sp³-hybridized carbons (Fsp3) is 0.909. The van der Waals surface area contributed by atoms with Crippen LogP contribution in [0.5, 0.6) is 0 Å². The molecule has 1 aliphatic heterocycles. The lowest BCUT2D eigenvalue weighted by Crippen LogP contribution is -2.40. The van der Waals surface area contributed by atoms with Crippen molar-refractivity contribution in [2.45, 2.75) is 19.8 Å². The Kier molecular flexibility index (Phi) is 6.10. The van der Waals surface area contributed by atoms with Crippen LogP contribution in [0.15, 0.2) is 0 Å². The molecule has 4 heteroatoms. The van der Waals surface area contributed by atoms with Gasteiger partial charge in [-0.25, -0.2) is 0 Å². The molecule has 0 aromatic heterocycles. The van der Waals surface area contributed by atoms with E-state index in [1.165, 1.54) is 12.8 Å². The number of hydrogen-bond acceptors (Lipinski definition) is 3. The zero-order chi connectivity index (χ0) is 11.1. The molecule has 88 valence electrons. The molecule has 0 saturated carbocycles. The van der Waals surface area contributed by atoms with Crippen molar-refractivity contribution in [2.24, 2.45) is 11.8 Å². The van der Waals surface area contributed by atoms with E-state index in [2.05, 4.69) is 10.6 Å². The third-order valence-corrected chi connectivity index (χ3v) is 3.66. The van der Waals surface area contributed by atoms with E-state index in [1.807, 2.05) is 13.2 Å². The molecule has 1 saturated heterocycles. The SMILES string of the molecule is CSCC(C)C(=O)NCC1CCCNC1. The Balaban J connectivity index is 2.14. The lowest BCUT2D eigenvalue weighted by molar-refractivity contribution is -0.124. The predicted molar refractivity (Wildman–Crippen MR) is 66.1 cm³/mol. The van der Waals surface area contributed by atoms with Gasteiger partial charge in [0.05, 0.1) is 0 Å². The third-order valence-electron chi connectivity index (χ3n) is 2.83. The molecule has 0 aromatic carbocycles. The van der Waals surface area contributed by atoms with E-state index in [0.29, 0.717) is 5.92 Å². The van der Waals surface area contributed by atoms with Gasteiger partial charge in [-0.3, -0.25) is 4.79 Å². The maximum Gasteiger partial charge on any atom is 0.223 e. The largest absolute Gasteiger partial charge is 0.356 e. The van der Waals surface area contributed by atoms with Crippen molar-refractivity contribution in [1.82, 2.24) is 10.6 Å². The van der Waals surface area contributed by atoms with Crippen molar-refractivity contribution in [3.63, 3.8) is 0 Å². The molecule has 0 aliphatic carbocycles. The van der Waals surface area contributed by atoms with E-state index in [4.69, 9.17) is 0 Å². The molecule has 0 spiro atoms. The van der Waals surface area contributed by atoms with Gasteiger partial charge in [0.2, 0.25) is 5.91 Å². The van der Waals surface area contributed by atoms with Crippen molar-refractivity contribution in [3.05, 3.63) is 0 Å². The number of carbonyl (C=O) groups is 1. The fourth-order valence-corrected chi connectivity index (χ4v) is 2.49. The average Bonchev–Trinajstić information content (AvgIpc) is 2.27. The maximum atomic E-state index is 11.6. The summed E-state index contributed by atoms with van der Waals surface area (Å²) >= 11 is 1.73. The van der Waals surface area contributed by atoms with Gasteiger partial charge in [-0.2, -0.15) is 11.8 Å². The van der Waals surface area contributed by atoms with Gasteiger partial charge in [-0.05, 0) is 38.1 Å². The number of hydrogen-bond donors (Lipinski definition) is 2. The van der Waals surface area contributed by atoms with Crippen LogP contribution in [0.4, 0.5) is 0 Å². The minimum atomic E-state index is 0.136. The van der Waals surface area contributed by atoms with E-state index >= 15 is 0 Å². The van der Waals surface area contributed by atoms with Crippen LogP contribution < -0.4 is 10.6 Å². The van der Waals surface area contributed by atoms with Gasteiger partial charge in [0.15, 0.2) is 0 Å². The Labute approximate surface area is 96.8 Å². The van der Waals surface area contributed by atoms with Crippen molar-refractivity contribution in [1.29, 1.82) is 0 Å². The van der Waals surface area contributed by atoms with Crippen LogP contribution in [0, 0.1) is 11.8 Å². The number of amides is 1. The number of rotatable bonds is 5. The Morgan fingerprint density at radius 1 is 1.67 bits per heavy atom. The molecule has 2 unspecified atom stereocenters. The van der Waals surface area contributed by atoms with E-state index in [1.54, 1.807) is 11.8 Å². The standard InChI is InChI=1S/C11H22N2OS/c1-9(8-15-2)11(14)13-7-10-4-3-5-12-6-10/h9-10,12H,3-8H2,1-2H3,(H,13,14). The van der Waals surface area contributed by atoms with Gasteiger partial charge >= 0.3 is 0 Å². The van der Waals surface area contributed by atoms with Gasteiger partial charge in [-0.1, -0.05) is 6.92 Å². The average molecular weight is 230 g/mol. The van der Waals surface area contributed by atoms with Crippen LogP contribution in [0.3, 0.4) is 0 Å². The molecule has 3 nitrogen and oxygen atoms in total. The summed E-state index contributed by atoms with van der Waals surface area (Å²) in [4.78, 5) is 11.6. The van der Waals surface area contributed by atoms with Crippen molar-refractivity contribution < 1.29 is 4.79 Å². The Morgan fingerprint density at radius 3 is 3.07 bits per heavy atom. The highest BCUT2D eigenvalue weighted by Gasteiger charge is 2.16. The smallest absolute Gasteiger partial charge is 0.223 e. The normalized spacial score (nSPS) is 23.5. The Morgan fingerprint density at radius 2 is 2.47 bits per heavy atom. The summed E-state index contributed by atoms with van der Waals surface area (Å²) in [5.74, 6) is 1.88. The number of thioether (sulfide) groups is 1. The quantitative estimate of drug-likeness (QED) is 0.743. The third kappa shape index (κ3) is 4.89. The van der Waals surface area contributed by atoms with E-state index in [-0.39, 0.29) is 11.8 Å². The second-order valence-electron chi connectivity index (χ2n) is 4.31. The topological polar surface area (TPSA) is 41.1 Å². The summed E-state index contributed by atoms with van der Waals surface area (Å²) < 4.78 is 0. The Hall–Kier alpha value is -0.220. The highest BCUT2D eigenvalue weighted by Crippen LogP contribution is 2.09. The lowest BCUT2D eigenvalue weighted by Gasteiger charge is -2.23. The van der Waals surface area contributed by atoms with Crippen molar-refractivity contribution in [3.8, 4) is 0 Å². The van der Waals surface area contributed by atoms with Crippen LogP contribution in [0.25, 0.3) is 0 Å². The molecule has 1 fully saturated rings. The predicted octanol–water partition coefficient (Wildman–Crippen LogP) is 1.10. The minimum Gasteiger partial charge on any atom is -0.356 e. The molecule has 0 bridgehead atoms. The molecule has 1 amide bonds. The monoisotopic (exact) mass is 230 g/mol. The van der Waals surface area contributed by atoms with Crippen molar-refractivity contribution in [2.75, 3.05) is 31.6 Å². The molecule has 1 aliphatic rings. The molecule has 15 heavy (non-hydrogen) atoms. The molecular formula is C11H22N2OS. The lowest BCUT2D eigenvalue weighted by atomic mass is 9.99. The van der Waals surface area contributed by atoms with E-state index < -0.39 is 0 Å². The summed E-state index contributed by atoms with van der Waals surface area (Å²) in [7, 11) is 0. The molecule has 0 aromatic rings. The number of nitrogens with one attached hydrogen (secondary N) is 2. The van der Waals surface area contributed by atoms with Crippen LogP contribution in [-0.2, 0) is 4.79 Å². The first kappa shape index (κ1) is 12.8.